The summed E-state index contributed by atoms with van der Waals surface area (Å²) in [5, 5.41) is 4.61. The summed E-state index contributed by atoms with van der Waals surface area (Å²) in [5.74, 6) is 0. The first-order valence-electron chi connectivity index (χ1n) is 5.24. The molecule has 3 heteroatoms. The minimum atomic E-state index is 0.650. The van der Waals surface area contributed by atoms with Crippen LogP contribution in [0.15, 0.2) is 30.5 Å². The average molecular weight is 199 g/mol. The molecule has 1 aliphatic carbocycles. The van der Waals surface area contributed by atoms with Gasteiger partial charge in [-0.05, 0) is 37.1 Å². The van der Waals surface area contributed by atoms with Crippen LogP contribution in [0.25, 0.3) is 10.9 Å². The summed E-state index contributed by atoms with van der Waals surface area (Å²) < 4.78 is 0. The summed E-state index contributed by atoms with van der Waals surface area (Å²) in [7, 11) is 0. The molecule has 0 bridgehead atoms. The molecule has 3 nitrogen and oxygen atoms in total. The number of hydrogen-bond donors (Lipinski definition) is 2. The van der Waals surface area contributed by atoms with E-state index in [4.69, 9.17) is 5.73 Å². The zero-order chi connectivity index (χ0) is 10.3. The minimum Gasteiger partial charge on any atom is -0.397 e. The average Bonchev–Trinajstić information content (AvgIpc) is 3.07. The normalized spacial score (nSPS) is 15.5. The second-order valence-electron chi connectivity index (χ2n) is 4.02. The Kier molecular flexibility index (Phi) is 1.78. The number of pyridine rings is 1. The first-order chi connectivity index (χ1) is 7.34. The summed E-state index contributed by atoms with van der Waals surface area (Å²) in [6, 6.07) is 8.61. The maximum absolute atomic E-state index is 5.88. The van der Waals surface area contributed by atoms with Crippen LogP contribution >= 0.6 is 0 Å². The largest absolute Gasteiger partial charge is 0.397 e. The van der Waals surface area contributed by atoms with Crippen molar-refractivity contribution in [1.29, 1.82) is 0 Å². The monoisotopic (exact) mass is 199 g/mol. The SMILES string of the molecule is Nc1ccc(NC2CC2)c2cccnc12. The van der Waals surface area contributed by atoms with E-state index in [1.807, 2.05) is 18.2 Å². The molecule has 2 aromatic rings. The molecular formula is C12H13N3. The van der Waals surface area contributed by atoms with Gasteiger partial charge in [-0.1, -0.05) is 0 Å². The zero-order valence-corrected chi connectivity index (χ0v) is 8.40. The lowest BCUT2D eigenvalue weighted by atomic mass is 10.1. The van der Waals surface area contributed by atoms with Crippen LogP contribution in [0.1, 0.15) is 12.8 Å². The fourth-order valence-electron chi connectivity index (χ4n) is 1.77. The predicted octanol–water partition coefficient (Wildman–Crippen LogP) is 2.39. The molecule has 1 aromatic carbocycles. The van der Waals surface area contributed by atoms with Gasteiger partial charge in [-0.2, -0.15) is 0 Å². The maximum Gasteiger partial charge on any atom is 0.0951 e. The Hall–Kier alpha value is -1.77. The van der Waals surface area contributed by atoms with E-state index >= 15 is 0 Å². The number of nitrogens with one attached hydrogen (secondary N) is 1. The predicted molar refractivity (Wildman–Crippen MR) is 62.8 cm³/mol. The van der Waals surface area contributed by atoms with Crippen LogP contribution in [0, 0.1) is 0 Å². The van der Waals surface area contributed by atoms with Gasteiger partial charge in [0.15, 0.2) is 0 Å². The van der Waals surface area contributed by atoms with E-state index in [-0.39, 0.29) is 0 Å². The number of hydrogen-bond acceptors (Lipinski definition) is 3. The number of benzene rings is 1. The molecule has 76 valence electrons. The van der Waals surface area contributed by atoms with Gasteiger partial charge in [0.2, 0.25) is 0 Å². The van der Waals surface area contributed by atoms with Crippen LogP contribution in [0.3, 0.4) is 0 Å². The molecule has 1 aliphatic rings. The van der Waals surface area contributed by atoms with E-state index < -0.39 is 0 Å². The topological polar surface area (TPSA) is 50.9 Å². The number of nitrogens with two attached hydrogens (primary N) is 1. The van der Waals surface area contributed by atoms with E-state index in [0.717, 1.165) is 22.3 Å². The van der Waals surface area contributed by atoms with Crippen molar-refractivity contribution >= 4 is 22.3 Å². The Morgan fingerprint density at radius 2 is 2.13 bits per heavy atom. The van der Waals surface area contributed by atoms with Gasteiger partial charge in [-0.15, -0.1) is 0 Å². The molecule has 0 spiro atoms. The molecule has 1 heterocycles. The quantitative estimate of drug-likeness (QED) is 0.730. The number of fused-ring (bicyclic) bond motifs is 1. The Morgan fingerprint density at radius 3 is 2.93 bits per heavy atom. The van der Waals surface area contributed by atoms with Gasteiger partial charge in [-0.3, -0.25) is 4.98 Å². The van der Waals surface area contributed by atoms with Crippen LogP contribution in [0.5, 0.6) is 0 Å². The van der Waals surface area contributed by atoms with Crippen molar-refractivity contribution in [1.82, 2.24) is 4.98 Å². The van der Waals surface area contributed by atoms with Crippen LogP contribution in [0.2, 0.25) is 0 Å². The van der Waals surface area contributed by atoms with Crippen molar-refractivity contribution in [2.45, 2.75) is 18.9 Å². The lowest BCUT2D eigenvalue weighted by Crippen LogP contribution is -2.02. The fraction of sp³-hybridized carbons (Fsp3) is 0.250. The molecule has 0 aliphatic heterocycles. The van der Waals surface area contributed by atoms with Crippen molar-refractivity contribution in [3.63, 3.8) is 0 Å². The van der Waals surface area contributed by atoms with Crippen molar-refractivity contribution in [3.8, 4) is 0 Å². The lowest BCUT2D eigenvalue weighted by Gasteiger charge is -2.09. The number of aromatic nitrogens is 1. The Bertz CT molecular complexity index is 503. The molecule has 0 amide bonds. The Morgan fingerprint density at radius 1 is 1.27 bits per heavy atom. The lowest BCUT2D eigenvalue weighted by molar-refractivity contribution is 1.16. The Balaban J connectivity index is 2.16. The van der Waals surface area contributed by atoms with Crippen molar-refractivity contribution < 1.29 is 0 Å². The summed E-state index contributed by atoms with van der Waals surface area (Å²) in [6.45, 7) is 0. The number of nitrogens with zero attached hydrogens (tertiary/aromatic N) is 1. The molecular weight excluding hydrogens is 186 g/mol. The highest BCUT2D eigenvalue weighted by molar-refractivity contribution is 5.98. The zero-order valence-electron chi connectivity index (χ0n) is 8.40. The standard InChI is InChI=1S/C12H13N3/c13-10-5-6-11(15-8-3-4-8)9-2-1-7-14-12(9)10/h1-2,5-8,15H,3-4,13H2. The van der Waals surface area contributed by atoms with Gasteiger partial charge < -0.3 is 11.1 Å². The molecule has 0 atom stereocenters. The molecule has 3 rings (SSSR count). The van der Waals surface area contributed by atoms with Crippen LogP contribution in [-0.4, -0.2) is 11.0 Å². The van der Waals surface area contributed by atoms with E-state index in [2.05, 4.69) is 16.4 Å². The highest BCUT2D eigenvalue weighted by Gasteiger charge is 2.21. The summed E-state index contributed by atoms with van der Waals surface area (Å²) >= 11 is 0. The molecule has 1 fully saturated rings. The smallest absolute Gasteiger partial charge is 0.0951 e. The summed E-state index contributed by atoms with van der Waals surface area (Å²) in [6.07, 6.45) is 4.32. The number of nitrogen functional groups attached to an aromatic ring is 1. The fourth-order valence-corrected chi connectivity index (χ4v) is 1.77. The molecule has 1 aromatic heterocycles. The first-order valence-corrected chi connectivity index (χ1v) is 5.24. The van der Waals surface area contributed by atoms with Crippen LogP contribution in [-0.2, 0) is 0 Å². The molecule has 0 saturated heterocycles. The van der Waals surface area contributed by atoms with Gasteiger partial charge in [0.1, 0.15) is 0 Å². The van der Waals surface area contributed by atoms with Gasteiger partial charge >= 0.3 is 0 Å². The maximum atomic E-state index is 5.88. The number of anilines is 2. The molecule has 3 N–H and O–H groups in total. The van der Waals surface area contributed by atoms with Crippen molar-refractivity contribution in [2.75, 3.05) is 11.1 Å². The van der Waals surface area contributed by atoms with E-state index in [1.165, 1.54) is 12.8 Å². The molecule has 0 unspecified atom stereocenters. The minimum absolute atomic E-state index is 0.650. The van der Waals surface area contributed by atoms with Crippen LogP contribution in [0.4, 0.5) is 11.4 Å². The van der Waals surface area contributed by atoms with Crippen LogP contribution < -0.4 is 11.1 Å². The molecule has 15 heavy (non-hydrogen) atoms. The van der Waals surface area contributed by atoms with E-state index in [9.17, 15) is 0 Å². The van der Waals surface area contributed by atoms with Crippen molar-refractivity contribution in [3.05, 3.63) is 30.5 Å². The third-order valence-electron chi connectivity index (χ3n) is 2.74. The van der Waals surface area contributed by atoms with Crippen molar-refractivity contribution in [2.24, 2.45) is 0 Å². The second-order valence-corrected chi connectivity index (χ2v) is 4.02. The molecule has 0 radical (unpaired) electrons. The van der Waals surface area contributed by atoms with Gasteiger partial charge in [0.25, 0.3) is 0 Å². The Labute approximate surface area is 88.3 Å². The van der Waals surface area contributed by atoms with Gasteiger partial charge in [0, 0.05) is 23.3 Å². The highest BCUT2D eigenvalue weighted by atomic mass is 15.0. The van der Waals surface area contributed by atoms with E-state index in [1.54, 1.807) is 6.20 Å². The highest BCUT2D eigenvalue weighted by Crippen LogP contribution is 2.31. The third-order valence-corrected chi connectivity index (χ3v) is 2.74. The summed E-state index contributed by atoms with van der Waals surface area (Å²) in [5.41, 5.74) is 8.66. The van der Waals surface area contributed by atoms with Gasteiger partial charge in [0.05, 0.1) is 11.2 Å². The van der Waals surface area contributed by atoms with E-state index in [0.29, 0.717) is 6.04 Å². The molecule has 1 saturated carbocycles. The second kappa shape index (κ2) is 3.12. The van der Waals surface area contributed by atoms with Gasteiger partial charge in [-0.25, -0.2) is 0 Å². The summed E-state index contributed by atoms with van der Waals surface area (Å²) in [4.78, 5) is 4.30. The third kappa shape index (κ3) is 1.50. The first kappa shape index (κ1) is 8.53. The number of rotatable bonds is 2.